The van der Waals surface area contributed by atoms with Crippen LogP contribution in [0.3, 0.4) is 0 Å². The van der Waals surface area contributed by atoms with Gasteiger partial charge in [-0.05, 0) is 67.0 Å². The molecule has 0 bridgehead atoms. The van der Waals surface area contributed by atoms with Crippen molar-refractivity contribution in [2.24, 2.45) is 0 Å². The van der Waals surface area contributed by atoms with Crippen molar-refractivity contribution in [1.82, 2.24) is 4.90 Å². The van der Waals surface area contributed by atoms with Crippen LogP contribution < -0.4 is 5.32 Å². The molecule has 0 aromatic heterocycles. The number of halogens is 2. The predicted octanol–water partition coefficient (Wildman–Crippen LogP) is 4.50. The van der Waals surface area contributed by atoms with Crippen LogP contribution in [-0.2, 0) is 0 Å². The molecule has 1 aliphatic heterocycles. The molecule has 1 aromatic rings. The summed E-state index contributed by atoms with van der Waals surface area (Å²) in [7, 11) is 2.25. The second-order valence-electron chi connectivity index (χ2n) is 4.97. The number of piperidine rings is 1. The first-order valence-corrected chi connectivity index (χ1v) is 8.14. The van der Waals surface area contributed by atoms with Gasteiger partial charge in [-0.3, -0.25) is 0 Å². The summed E-state index contributed by atoms with van der Waals surface area (Å²) in [6.45, 7) is 2.29. The highest BCUT2D eigenvalue weighted by molar-refractivity contribution is 9.11. The van der Waals surface area contributed by atoms with E-state index in [2.05, 4.69) is 61.3 Å². The Bertz CT molecular complexity index is 395. The van der Waals surface area contributed by atoms with Crippen molar-refractivity contribution in [3.63, 3.8) is 0 Å². The highest BCUT2D eigenvalue weighted by Crippen LogP contribution is 2.26. The van der Waals surface area contributed by atoms with E-state index in [9.17, 15) is 0 Å². The van der Waals surface area contributed by atoms with Crippen molar-refractivity contribution < 1.29 is 0 Å². The number of benzene rings is 1. The minimum Gasteiger partial charge on any atom is -0.384 e. The van der Waals surface area contributed by atoms with Gasteiger partial charge in [0.15, 0.2) is 0 Å². The predicted molar refractivity (Wildman–Crippen MR) is 85.2 cm³/mol. The fraction of sp³-hybridized carbons (Fsp3) is 0.571. The van der Waals surface area contributed by atoms with Crippen LogP contribution in [0.2, 0.25) is 0 Å². The van der Waals surface area contributed by atoms with Gasteiger partial charge in [-0.25, -0.2) is 0 Å². The Morgan fingerprint density at radius 2 is 2.17 bits per heavy atom. The van der Waals surface area contributed by atoms with Gasteiger partial charge < -0.3 is 10.2 Å². The first-order valence-electron chi connectivity index (χ1n) is 6.56. The molecule has 1 aliphatic rings. The number of hydrogen-bond acceptors (Lipinski definition) is 2. The lowest BCUT2D eigenvalue weighted by Crippen LogP contribution is -2.37. The molecular formula is C14H20Br2N2. The molecule has 1 aromatic carbocycles. The molecule has 18 heavy (non-hydrogen) atoms. The third-order valence-corrected chi connectivity index (χ3v) is 4.83. The van der Waals surface area contributed by atoms with Crippen LogP contribution in [0.1, 0.15) is 25.7 Å². The number of nitrogens with zero attached hydrogens (tertiary/aromatic N) is 1. The molecule has 1 atom stereocenters. The Morgan fingerprint density at radius 1 is 1.33 bits per heavy atom. The van der Waals surface area contributed by atoms with Gasteiger partial charge in [0.05, 0.1) is 0 Å². The molecule has 0 radical (unpaired) electrons. The van der Waals surface area contributed by atoms with Crippen LogP contribution >= 0.6 is 31.9 Å². The average molecular weight is 376 g/mol. The summed E-state index contributed by atoms with van der Waals surface area (Å²) in [5.74, 6) is 0. The van der Waals surface area contributed by atoms with E-state index in [-0.39, 0.29) is 0 Å². The van der Waals surface area contributed by atoms with Crippen molar-refractivity contribution in [3.05, 3.63) is 27.1 Å². The van der Waals surface area contributed by atoms with Crippen molar-refractivity contribution in [2.75, 3.05) is 25.5 Å². The maximum atomic E-state index is 3.57. The Hall–Kier alpha value is -0.0600. The van der Waals surface area contributed by atoms with Crippen LogP contribution in [0.4, 0.5) is 5.69 Å². The van der Waals surface area contributed by atoms with Crippen molar-refractivity contribution in [1.29, 1.82) is 0 Å². The first-order chi connectivity index (χ1) is 8.66. The smallest absolute Gasteiger partial charge is 0.0495 e. The molecule has 1 unspecified atom stereocenters. The monoisotopic (exact) mass is 374 g/mol. The first kappa shape index (κ1) is 14.4. The maximum absolute atomic E-state index is 3.57. The van der Waals surface area contributed by atoms with Crippen LogP contribution in [0.5, 0.6) is 0 Å². The van der Waals surface area contributed by atoms with Gasteiger partial charge in [0, 0.05) is 27.2 Å². The zero-order valence-electron chi connectivity index (χ0n) is 10.8. The summed E-state index contributed by atoms with van der Waals surface area (Å²) in [6.07, 6.45) is 5.31. The zero-order chi connectivity index (χ0) is 13.0. The number of anilines is 1. The molecule has 0 amide bonds. The van der Waals surface area contributed by atoms with Crippen LogP contribution in [0.15, 0.2) is 27.1 Å². The summed E-state index contributed by atoms with van der Waals surface area (Å²) in [5, 5.41) is 3.52. The van der Waals surface area contributed by atoms with Gasteiger partial charge in [-0.1, -0.05) is 22.4 Å². The maximum Gasteiger partial charge on any atom is 0.0495 e. The van der Waals surface area contributed by atoms with E-state index in [1.165, 1.54) is 37.9 Å². The number of rotatable bonds is 4. The second kappa shape index (κ2) is 6.92. The molecule has 0 saturated carbocycles. The fourth-order valence-corrected chi connectivity index (χ4v) is 3.26. The minimum atomic E-state index is 0.747. The Morgan fingerprint density at radius 3 is 2.94 bits per heavy atom. The molecule has 100 valence electrons. The average Bonchev–Trinajstić information content (AvgIpc) is 2.36. The topological polar surface area (TPSA) is 15.3 Å². The summed E-state index contributed by atoms with van der Waals surface area (Å²) in [6, 6.07) is 6.98. The Labute approximate surface area is 126 Å². The van der Waals surface area contributed by atoms with Crippen LogP contribution in [0, 0.1) is 0 Å². The molecule has 1 saturated heterocycles. The molecule has 2 nitrogen and oxygen atoms in total. The summed E-state index contributed by atoms with van der Waals surface area (Å²) in [4.78, 5) is 2.50. The highest BCUT2D eigenvalue weighted by atomic mass is 79.9. The number of likely N-dealkylation sites (tertiary alicyclic amines) is 1. The highest BCUT2D eigenvalue weighted by Gasteiger charge is 2.18. The van der Waals surface area contributed by atoms with E-state index in [0.29, 0.717) is 0 Å². The summed E-state index contributed by atoms with van der Waals surface area (Å²) in [5.41, 5.74) is 1.17. The molecule has 1 fully saturated rings. The van der Waals surface area contributed by atoms with Crippen LogP contribution in [0.25, 0.3) is 0 Å². The Kier molecular flexibility index (Phi) is 5.52. The normalized spacial score (nSPS) is 20.9. The lowest BCUT2D eigenvalue weighted by molar-refractivity contribution is 0.179. The third-order valence-electron chi connectivity index (χ3n) is 3.64. The van der Waals surface area contributed by atoms with E-state index in [0.717, 1.165) is 21.5 Å². The SMILES string of the molecule is CN1CCCCC1CCNc1cc(Br)ccc1Br. The number of nitrogens with one attached hydrogen (secondary N) is 1. The van der Waals surface area contributed by atoms with E-state index < -0.39 is 0 Å². The van der Waals surface area contributed by atoms with Gasteiger partial charge in [0.1, 0.15) is 0 Å². The zero-order valence-corrected chi connectivity index (χ0v) is 13.9. The molecule has 2 rings (SSSR count). The van der Waals surface area contributed by atoms with Gasteiger partial charge in [-0.2, -0.15) is 0 Å². The number of hydrogen-bond donors (Lipinski definition) is 1. The lowest BCUT2D eigenvalue weighted by Gasteiger charge is -2.32. The van der Waals surface area contributed by atoms with Gasteiger partial charge >= 0.3 is 0 Å². The van der Waals surface area contributed by atoms with Gasteiger partial charge in [0.2, 0.25) is 0 Å². The van der Waals surface area contributed by atoms with Crippen molar-refractivity contribution >= 4 is 37.5 Å². The standard InChI is InChI=1S/C14H20Br2N2/c1-18-9-3-2-4-12(18)7-8-17-14-10-11(15)5-6-13(14)16/h5-6,10,12,17H,2-4,7-9H2,1H3. The molecular weight excluding hydrogens is 356 g/mol. The Balaban J connectivity index is 1.82. The summed E-state index contributed by atoms with van der Waals surface area (Å²) >= 11 is 7.08. The van der Waals surface area contributed by atoms with E-state index in [1.807, 2.05) is 6.07 Å². The quantitative estimate of drug-likeness (QED) is 0.833. The lowest BCUT2D eigenvalue weighted by atomic mass is 10.0. The van der Waals surface area contributed by atoms with Gasteiger partial charge in [-0.15, -0.1) is 0 Å². The molecule has 1 heterocycles. The largest absolute Gasteiger partial charge is 0.384 e. The molecule has 0 spiro atoms. The molecule has 0 aliphatic carbocycles. The molecule has 1 N–H and O–H groups in total. The van der Waals surface area contributed by atoms with E-state index in [1.54, 1.807) is 0 Å². The summed E-state index contributed by atoms with van der Waals surface area (Å²) < 4.78 is 2.24. The minimum absolute atomic E-state index is 0.747. The fourth-order valence-electron chi connectivity index (χ4n) is 2.52. The second-order valence-corrected chi connectivity index (χ2v) is 6.74. The van der Waals surface area contributed by atoms with Gasteiger partial charge in [0.25, 0.3) is 0 Å². The van der Waals surface area contributed by atoms with E-state index in [4.69, 9.17) is 0 Å². The van der Waals surface area contributed by atoms with Crippen LogP contribution in [-0.4, -0.2) is 31.1 Å². The van der Waals surface area contributed by atoms with Crippen molar-refractivity contribution in [2.45, 2.75) is 31.7 Å². The van der Waals surface area contributed by atoms with E-state index >= 15 is 0 Å². The third kappa shape index (κ3) is 3.97. The van der Waals surface area contributed by atoms with Crippen molar-refractivity contribution in [3.8, 4) is 0 Å². The molecule has 4 heteroatoms.